The van der Waals surface area contributed by atoms with Crippen molar-refractivity contribution in [2.24, 2.45) is 0 Å². The van der Waals surface area contributed by atoms with Gasteiger partial charge in [0.2, 0.25) is 5.91 Å². The maximum Gasteiger partial charge on any atom is 0.225 e. The van der Waals surface area contributed by atoms with E-state index in [1.807, 2.05) is 30.5 Å². The molecule has 0 aliphatic carbocycles. The fourth-order valence-corrected chi connectivity index (χ4v) is 3.06. The average molecular weight is 356 g/mol. The van der Waals surface area contributed by atoms with Crippen LogP contribution in [0.15, 0.2) is 42.6 Å². The number of nitrogens with one attached hydrogen (secondary N) is 1. The third-order valence-corrected chi connectivity index (χ3v) is 4.61. The molecular weight excluding hydrogens is 331 g/mol. The highest BCUT2D eigenvalue weighted by Gasteiger charge is 2.18. The highest BCUT2D eigenvalue weighted by Crippen LogP contribution is 2.21. The lowest BCUT2D eigenvalue weighted by Crippen LogP contribution is -2.46. The summed E-state index contributed by atoms with van der Waals surface area (Å²) < 4.78 is 13.1. The molecule has 1 aliphatic heterocycles. The number of rotatable bonds is 6. The molecule has 1 aromatic heterocycles. The molecule has 1 saturated heterocycles. The zero-order chi connectivity index (χ0) is 18.4. The minimum absolute atomic E-state index is 0.0139. The van der Waals surface area contributed by atoms with Crippen LogP contribution in [-0.4, -0.2) is 37.1 Å². The molecule has 0 radical (unpaired) electrons. The lowest BCUT2D eigenvalue weighted by Gasteiger charge is -2.37. The number of nitrogens with zero attached hydrogens (tertiary/aromatic N) is 3. The molecule has 0 bridgehead atoms. The lowest BCUT2D eigenvalue weighted by molar-refractivity contribution is -0.116. The summed E-state index contributed by atoms with van der Waals surface area (Å²) in [5.41, 5.74) is 2.10. The summed E-state index contributed by atoms with van der Waals surface area (Å²) in [6.45, 7) is 5.57. The van der Waals surface area contributed by atoms with Crippen molar-refractivity contribution in [1.29, 1.82) is 0 Å². The van der Waals surface area contributed by atoms with Crippen molar-refractivity contribution in [3.05, 3.63) is 48.4 Å². The van der Waals surface area contributed by atoms with E-state index >= 15 is 0 Å². The number of aromatic nitrogens is 1. The Morgan fingerprint density at radius 3 is 2.23 bits per heavy atom. The summed E-state index contributed by atoms with van der Waals surface area (Å²) in [6.07, 6.45) is 4.24. The van der Waals surface area contributed by atoms with Gasteiger partial charge < -0.3 is 15.1 Å². The van der Waals surface area contributed by atoms with Crippen molar-refractivity contribution in [2.75, 3.05) is 41.3 Å². The van der Waals surface area contributed by atoms with Crippen molar-refractivity contribution >= 4 is 23.1 Å². The fraction of sp³-hybridized carbons (Fsp3) is 0.400. The number of unbranched alkanes of at least 4 members (excludes halogenated alkanes) is 1. The molecule has 1 aromatic carbocycles. The van der Waals surface area contributed by atoms with Gasteiger partial charge in [0.1, 0.15) is 11.6 Å². The van der Waals surface area contributed by atoms with Crippen molar-refractivity contribution in [1.82, 2.24) is 4.98 Å². The molecule has 1 N–H and O–H groups in total. The zero-order valence-electron chi connectivity index (χ0n) is 15.1. The molecule has 3 rings (SSSR count). The number of carbonyl (C=O) groups is 1. The SMILES string of the molecule is CCCCC(=O)Nc1ccc(N2CCN(c3ccc(F)cc3)CC2)cn1. The molecule has 1 fully saturated rings. The second-order valence-corrected chi connectivity index (χ2v) is 6.50. The third kappa shape index (κ3) is 4.71. The third-order valence-electron chi connectivity index (χ3n) is 4.61. The Labute approximate surface area is 153 Å². The van der Waals surface area contributed by atoms with Crippen molar-refractivity contribution < 1.29 is 9.18 Å². The molecule has 6 heteroatoms. The zero-order valence-corrected chi connectivity index (χ0v) is 15.1. The summed E-state index contributed by atoms with van der Waals surface area (Å²) in [7, 11) is 0. The van der Waals surface area contributed by atoms with Crippen LogP contribution in [0.3, 0.4) is 0 Å². The molecule has 2 aromatic rings. The van der Waals surface area contributed by atoms with Gasteiger partial charge >= 0.3 is 0 Å². The largest absolute Gasteiger partial charge is 0.368 e. The van der Waals surface area contributed by atoms with E-state index in [9.17, 15) is 9.18 Å². The molecule has 1 amide bonds. The number of pyridine rings is 1. The molecule has 26 heavy (non-hydrogen) atoms. The molecule has 0 spiro atoms. The standard InChI is InChI=1S/C20H25FN4O/c1-2-3-4-20(26)23-19-10-9-18(15-22-19)25-13-11-24(12-14-25)17-7-5-16(21)6-8-17/h5-10,15H,2-4,11-14H2,1H3,(H,22,23,26). The minimum Gasteiger partial charge on any atom is -0.368 e. The first-order valence-electron chi connectivity index (χ1n) is 9.17. The van der Waals surface area contributed by atoms with Gasteiger partial charge in [-0.05, 0) is 42.8 Å². The summed E-state index contributed by atoms with van der Waals surface area (Å²) in [6, 6.07) is 10.5. The molecule has 138 valence electrons. The second-order valence-electron chi connectivity index (χ2n) is 6.50. The fourth-order valence-electron chi connectivity index (χ4n) is 3.06. The predicted octanol–water partition coefficient (Wildman–Crippen LogP) is 3.68. The van der Waals surface area contributed by atoms with E-state index in [0.717, 1.165) is 50.4 Å². The molecule has 5 nitrogen and oxygen atoms in total. The molecule has 1 aliphatic rings. The summed E-state index contributed by atoms with van der Waals surface area (Å²) in [4.78, 5) is 20.6. The summed E-state index contributed by atoms with van der Waals surface area (Å²) in [5.74, 6) is 0.403. The summed E-state index contributed by atoms with van der Waals surface area (Å²) >= 11 is 0. The van der Waals surface area contributed by atoms with Crippen LogP contribution in [0.4, 0.5) is 21.6 Å². The van der Waals surface area contributed by atoms with Gasteiger partial charge in [0, 0.05) is 38.3 Å². The monoisotopic (exact) mass is 356 g/mol. The lowest BCUT2D eigenvalue weighted by atomic mass is 10.2. The van der Waals surface area contributed by atoms with Crippen LogP contribution in [0, 0.1) is 5.82 Å². The Morgan fingerprint density at radius 1 is 1.04 bits per heavy atom. The smallest absolute Gasteiger partial charge is 0.225 e. The van der Waals surface area contributed by atoms with E-state index in [4.69, 9.17) is 0 Å². The van der Waals surface area contributed by atoms with Gasteiger partial charge in [-0.3, -0.25) is 4.79 Å². The van der Waals surface area contributed by atoms with Gasteiger partial charge in [0.15, 0.2) is 0 Å². The number of piperazine rings is 1. The Balaban J connectivity index is 1.53. The normalized spacial score (nSPS) is 14.4. The molecular formula is C20H25FN4O. The van der Waals surface area contributed by atoms with Crippen molar-refractivity contribution in [3.63, 3.8) is 0 Å². The molecule has 0 saturated carbocycles. The first kappa shape index (κ1) is 18.2. The highest BCUT2D eigenvalue weighted by molar-refractivity contribution is 5.89. The maximum absolute atomic E-state index is 13.1. The number of carbonyl (C=O) groups excluding carboxylic acids is 1. The molecule has 2 heterocycles. The van der Waals surface area contributed by atoms with Crippen LogP contribution in [0.25, 0.3) is 0 Å². The number of benzene rings is 1. The Kier molecular flexibility index (Phi) is 6.04. The summed E-state index contributed by atoms with van der Waals surface area (Å²) in [5, 5.41) is 2.83. The van der Waals surface area contributed by atoms with E-state index in [1.165, 1.54) is 12.1 Å². The number of hydrogen-bond acceptors (Lipinski definition) is 4. The first-order chi connectivity index (χ1) is 12.7. The van der Waals surface area contributed by atoms with E-state index in [1.54, 1.807) is 0 Å². The number of hydrogen-bond donors (Lipinski definition) is 1. The number of amides is 1. The van der Waals surface area contributed by atoms with E-state index in [2.05, 4.69) is 27.0 Å². The van der Waals surface area contributed by atoms with Gasteiger partial charge in [-0.15, -0.1) is 0 Å². The van der Waals surface area contributed by atoms with Gasteiger partial charge in [-0.1, -0.05) is 13.3 Å². The van der Waals surface area contributed by atoms with Crippen molar-refractivity contribution in [2.45, 2.75) is 26.2 Å². The van der Waals surface area contributed by atoms with Gasteiger partial charge in [-0.25, -0.2) is 9.37 Å². The van der Waals surface area contributed by atoms with Crippen LogP contribution < -0.4 is 15.1 Å². The maximum atomic E-state index is 13.1. The van der Waals surface area contributed by atoms with Crippen LogP contribution in [0.5, 0.6) is 0 Å². The second kappa shape index (κ2) is 8.65. The van der Waals surface area contributed by atoms with E-state index in [-0.39, 0.29) is 11.7 Å². The van der Waals surface area contributed by atoms with E-state index < -0.39 is 0 Å². The highest BCUT2D eigenvalue weighted by atomic mass is 19.1. The van der Waals surface area contributed by atoms with Crippen molar-refractivity contribution in [3.8, 4) is 0 Å². The first-order valence-corrected chi connectivity index (χ1v) is 9.17. The minimum atomic E-state index is -0.208. The number of halogens is 1. The van der Waals surface area contributed by atoms with Gasteiger partial charge in [0.05, 0.1) is 11.9 Å². The Bertz CT molecular complexity index is 710. The van der Waals surface area contributed by atoms with Crippen LogP contribution >= 0.6 is 0 Å². The topological polar surface area (TPSA) is 48.5 Å². The Morgan fingerprint density at radius 2 is 1.65 bits per heavy atom. The van der Waals surface area contributed by atoms with Gasteiger partial charge in [0.25, 0.3) is 0 Å². The van der Waals surface area contributed by atoms with Crippen LogP contribution in [-0.2, 0) is 4.79 Å². The quantitative estimate of drug-likeness (QED) is 0.858. The average Bonchev–Trinajstić information content (AvgIpc) is 2.68. The van der Waals surface area contributed by atoms with Crippen LogP contribution in [0.1, 0.15) is 26.2 Å². The van der Waals surface area contributed by atoms with Gasteiger partial charge in [-0.2, -0.15) is 0 Å². The predicted molar refractivity (Wildman–Crippen MR) is 103 cm³/mol. The number of anilines is 3. The Hall–Kier alpha value is -2.63. The molecule has 0 unspecified atom stereocenters. The molecule has 0 atom stereocenters. The van der Waals surface area contributed by atoms with E-state index in [0.29, 0.717) is 12.2 Å². The van der Waals surface area contributed by atoms with Crippen LogP contribution in [0.2, 0.25) is 0 Å².